The smallest absolute Gasteiger partial charge is 0.227 e. The van der Waals surface area contributed by atoms with Crippen LogP contribution in [-0.4, -0.2) is 34.7 Å². The second-order valence-corrected chi connectivity index (χ2v) is 8.76. The van der Waals surface area contributed by atoms with Crippen molar-refractivity contribution < 1.29 is 9.59 Å². The van der Waals surface area contributed by atoms with Gasteiger partial charge in [0.05, 0.1) is 11.4 Å². The topological polar surface area (TPSA) is 79.3 Å². The molecule has 2 amide bonds. The highest BCUT2D eigenvalue weighted by atomic mass is 16.2. The van der Waals surface area contributed by atoms with E-state index >= 15 is 0 Å². The summed E-state index contributed by atoms with van der Waals surface area (Å²) in [6.45, 7) is 8.93. The van der Waals surface area contributed by atoms with Gasteiger partial charge in [-0.3, -0.25) is 9.59 Å². The van der Waals surface area contributed by atoms with Gasteiger partial charge in [0.2, 0.25) is 11.8 Å². The van der Waals surface area contributed by atoms with Crippen molar-refractivity contribution in [2.75, 3.05) is 28.6 Å². The van der Waals surface area contributed by atoms with Crippen LogP contribution in [0.4, 0.5) is 17.2 Å². The number of nitrogens with zero attached hydrogens (tertiary/aromatic N) is 3. The first-order valence-electron chi connectivity index (χ1n) is 11.4. The van der Waals surface area contributed by atoms with Gasteiger partial charge in [0.25, 0.3) is 0 Å². The highest BCUT2D eigenvalue weighted by Gasteiger charge is 2.30. The lowest BCUT2D eigenvalue weighted by Gasteiger charge is -2.33. The summed E-state index contributed by atoms with van der Waals surface area (Å²) in [5.41, 5.74) is 5.64. The van der Waals surface area contributed by atoms with E-state index in [1.165, 1.54) is 12.5 Å². The molecule has 4 rings (SSSR count). The van der Waals surface area contributed by atoms with Gasteiger partial charge >= 0.3 is 0 Å². The molecule has 1 aliphatic heterocycles. The zero-order valence-corrected chi connectivity index (χ0v) is 19.7. The van der Waals surface area contributed by atoms with Crippen LogP contribution in [0.25, 0.3) is 5.69 Å². The standard InChI is InChI=1S/C26H31N5O2/c1-17-10-11-22(16-18(17)2)28-25(33)21-12-14-30(15-13-21)26-24(27-20(4)32)19(3)29-31(26)23-8-6-5-7-9-23/h5-11,16,21H,12-15H2,1-4H3,(H,27,32)(H,28,33). The lowest BCUT2D eigenvalue weighted by atomic mass is 9.95. The Balaban J connectivity index is 1.52. The van der Waals surface area contributed by atoms with Crippen LogP contribution < -0.4 is 15.5 Å². The Bertz CT molecular complexity index is 1160. The number of hydrogen-bond donors (Lipinski definition) is 2. The number of nitrogens with one attached hydrogen (secondary N) is 2. The minimum atomic E-state index is -0.130. The first kappa shape index (κ1) is 22.6. The average Bonchev–Trinajstić information content (AvgIpc) is 3.12. The van der Waals surface area contributed by atoms with Crippen LogP contribution in [0.3, 0.4) is 0 Å². The van der Waals surface area contributed by atoms with Crippen LogP contribution in [0.5, 0.6) is 0 Å². The molecule has 0 radical (unpaired) electrons. The third-order valence-corrected chi connectivity index (χ3v) is 6.28. The molecule has 2 N–H and O–H groups in total. The highest BCUT2D eigenvalue weighted by molar-refractivity contribution is 5.94. The second kappa shape index (κ2) is 9.48. The number of anilines is 3. The van der Waals surface area contributed by atoms with Gasteiger partial charge in [-0.15, -0.1) is 0 Å². The van der Waals surface area contributed by atoms with Crippen molar-refractivity contribution in [2.45, 2.75) is 40.5 Å². The van der Waals surface area contributed by atoms with E-state index in [1.54, 1.807) is 0 Å². The van der Waals surface area contributed by atoms with E-state index in [2.05, 4.69) is 22.5 Å². The minimum Gasteiger partial charge on any atom is -0.355 e. The van der Waals surface area contributed by atoms with Crippen LogP contribution in [0.1, 0.15) is 36.6 Å². The Morgan fingerprint density at radius 3 is 2.27 bits per heavy atom. The molecule has 172 valence electrons. The van der Waals surface area contributed by atoms with Crippen LogP contribution in [0, 0.1) is 26.7 Å². The van der Waals surface area contributed by atoms with Crippen LogP contribution in [0.15, 0.2) is 48.5 Å². The maximum Gasteiger partial charge on any atom is 0.227 e. The summed E-state index contributed by atoms with van der Waals surface area (Å²) < 4.78 is 1.89. The Labute approximate surface area is 194 Å². The predicted octanol–water partition coefficient (Wildman–Crippen LogP) is 4.61. The van der Waals surface area contributed by atoms with E-state index in [-0.39, 0.29) is 17.7 Å². The molecule has 1 saturated heterocycles. The van der Waals surface area contributed by atoms with E-state index in [0.29, 0.717) is 13.1 Å². The number of aromatic nitrogens is 2. The van der Waals surface area contributed by atoms with E-state index in [0.717, 1.165) is 47.0 Å². The van der Waals surface area contributed by atoms with Crippen molar-refractivity contribution >= 4 is 29.0 Å². The van der Waals surface area contributed by atoms with E-state index in [9.17, 15) is 9.59 Å². The molecule has 2 heterocycles. The van der Waals surface area contributed by atoms with Gasteiger partial charge in [-0.1, -0.05) is 24.3 Å². The summed E-state index contributed by atoms with van der Waals surface area (Å²) in [4.78, 5) is 27.0. The molecule has 1 aromatic heterocycles. The summed E-state index contributed by atoms with van der Waals surface area (Å²) in [7, 11) is 0. The van der Waals surface area contributed by atoms with Gasteiger partial charge in [0, 0.05) is 31.6 Å². The molecule has 0 spiro atoms. The average molecular weight is 446 g/mol. The maximum absolute atomic E-state index is 12.9. The molecule has 7 heteroatoms. The number of carbonyl (C=O) groups excluding carboxylic acids is 2. The quantitative estimate of drug-likeness (QED) is 0.601. The SMILES string of the molecule is CC(=O)Nc1c(C)nn(-c2ccccc2)c1N1CCC(C(=O)Nc2ccc(C)c(C)c2)CC1. The third kappa shape index (κ3) is 4.92. The third-order valence-electron chi connectivity index (χ3n) is 6.28. The Morgan fingerprint density at radius 2 is 1.64 bits per heavy atom. The fourth-order valence-electron chi connectivity index (χ4n) is 4.30. The van der Waals surface area contributed by atoms with E-state index < -0.39 is 0 Å². The van der Waals surface area contributed by atoms with E-state index in [4.69, 9.17) is 5.10 Å². The van der Waals surface area contributed by atoms with Crippen LogP contribution in [-0.2, 0) is 9.59 Å². The number of para-hydroxylation sites is 1. The zero-order chi connectivity index (χ0) is 23.5. The lowest BCUT2D eigenvalue weighted by Crippen LogP contribution is -2.39. The Morgan fingerprint density at radius 1 is 0.939 bits per heavy atom. The number of hydrogen-bond acceptors (Lipinski definition) is 4. The summed E-state index contributed by atoms with van der Waals surface area (Å²) in [6, 6.07) is 15.9. The number of benzene rings is 2. The van der Waals surface area contributed by atoms with E-state index in [1.807, 2.05) is 67.1 Å². The largest absolute Gasteiger partial charge is 0.355 e. The molecule has 2 aromatic carbocycles. The van der Waals surface area contributed by atoms with Gasteiger partial charge in [0.1, 0.15) is 5.69 Å². The molecule has 0 bridgehead atoms. The molecule has 1 fully saturated rings. The Kier molecular flexibility index (Phi) is 6.49. The fraction of sp³-hybridized carbons (Fsp3) is 0.346. The van der Waals surface area contributed by atoms with Crippen molar-refractivity contribution in [1.82, 2.24) is 9.78 Å². The molecule has 0 unspecified atom stereocenters. The summed E-state index contributed by atoms with van der Waals surface area (Å²) in [6.07, 6.45) is 1.46. The van der Waals surface area contributed by atoms with Gasteiger partial charge in [-0.2, -0.15) is 5.10 Å². The molecular formula is C26H31N5O2. The molecule has 0 atom stereocenters. The maximum atomic E-state index is 12.9. The van der Waals surface area contributed by atoms with Crippen molar-refractivity contribution in [1.29, 1.82) is 0 Å². The number of carbonyl (C=O) groups is 2. The lowest BCUT2D eigenvalue weighted by molar-refractivity contribution is -0.120. The van der Waals surface area contributed by atoms with Gasteiger partial charge in [-0.05, 0) is 69.0 Å². The van der Waals surface area contributed by atoms with Crippen LogP contribution in [0.2, 0.25) is 0 Å². The fourth-order valence-corrected chi connectivity index (χ4v) is 4.30. The molecule has 3 aromatic rings. The summed E-state index contributed by atoms with van der Waals surface area (Å²) in [5, 5.41) is 10.8. The van der Waals surface area contributed by atoms with Gasteiger partial charge in [0.15, 0.2) is 5.82 Å². The minimum absolute atomic E-state index is 0.0544. The first-order valence-corrected chi connectivity index (χ1v) is 11.4. The molecule has 7 nitrogen and oxygen atoms in total. The molecule has 33 heavy (non-hydrogen) atoms. The predicted molar refractivity (Wildman–Crippen MR) is 132 cm³/mol. The monoisotopic (exact) mass is 445 g/mol. The van der Waals surface area contributed by atoms with Crippen molar-refractivity contribution in [3.8, 4) is 5.69 Å². The number of piperidine rings is 1. The normalized spacial score (nSPS) is 14.2. The molecular weight excluding hydrogens is 414 g/mol. The highest BCUT2D eigenvalue weighted by Crippen LogP contribution is 2.35. The summed E-state index contributed by atoms with van der Waals surface area (Å²) >= 11 is 0. The number of rotatable bonds is 5. The van der Waals surface area contributed by atoms with Crippen molar-refractivity contribution in [3.63, 3.8) is 0 Å². The first-order chi connectivity index (χ1) is 15.8. The zero-order valence-electron chi connectivity index (χ0n) is 19.7. The number of aryl methyl sites for hydroxylation is 3. The van der Waals surface area contributed by atoms with Gasteiger partial charge in [-0.25, -0.2) is 4.68 Å². The van der Waals surface area contributed by atoms with Crippen molar-refractivity contribution in [3.05, 3.63) is 65.4 Å². The Hall–Kier alpha value is -3.61. The second-order valence-electron chi connectivity index (χ2n) is 8.76. The van der Waals surface area contributed by atoms with Crippen molar-refractivity contribution in [2.24, 2.45) is 5.92 Å². The summed E-state index contributed by atoms with van der Waals surface area (Å²) in [5.74, 6) is 0.741. The molecule has 1 aliphatic rings. The number of amides is 2. The van der Waals surface area contributed by atoms with Crippen LogP contribution >= 0.6 is 0 Å². The van der Waals surface area contributed by atoms with Gasteiger partial charge < -0.3 is 15.5 Å². The molecule has 0 saturated carbocycles. The molecule has 0 aliphatic carbocycles.